The summed E-state index contributed by atoms with van der Waals surface area (Å²) in [5.41, 5.74) is 1.51. The molecule has 0 aromatic carbocycles. The molecule has 0 saturated carbocycles. The Labute approximate surface area is 135 Å². The van der Waals surface area contributed by atoms with Gasteiger partial charge in [0.15, 0.2) is 5.03 Å². The van der Waals surface area contributed by atoms with E-state index in [9.17, 15) is 8.42 Å². The number of aryl methyl sites for hydroxylation is 1. The number of likely N-dealkylation sites (N-methyl/N-ethyl adjacent to an activating group) is 1. The number of aromatic nitrogens is 3. The summed E-state index contributed by atoms with van der Waals surface area (Å²) in [6.07, 6.45) is 7.72. The highest BCUT2D eigenvalue weighted by Gasteiger charge is 2.34. The van der Waals surface area contributed by atoms with Gasteiger partial charge in [-0.15, -0.1) is 0 Å². The van der Waals surface area contributed by atoms with Gasteiger partial charge in [-0.05, 0) is 18.9 Å². The molecule has 2 aromatic rings. The Morgan fingerprint density at radius 2 is 1.96 bits per heavy atom. The van der Waals surface area contributed by atoms with Crippen LogP contribution in [0, 0.1) is 0 Å². The average Bonchev–Trinajstić information content (AvgIpc) is 3.00. The van der Waals surface area contributed by atoms with E-state index in [4.69, 9.17) is 0 Å². The fourth-order valence-corrected chi connectivity index (χ4v) is 4.94. The molecule has 0 atom stereocenters. The topological polar surface area (TPSA) is 71.3 Å². The molecule has 0 radical (unpaired) electrons. The lowest BCUT2D eigenvalue weighted by Gasteiger charge is -2.35. The minimum Gasteiger partial charge on any atom is -0.371 e. The minimum atomic E-state index is -3.63. The van der Waals surface area contributed by atoms with Gasteiger partial charge in [0, 0.05) is 32.8 Å². The molecule has 122 valence electrons. The summed E-state index contributed by atoms with van der Waals surface area (Å²) in [5.74, 6) is 0.871. The van der Waals surface area contributed by atoms with Crippen molar-refractivity contribution in [2.45, 2.75) is 30.8 Å². The minimum absolute atomic E-state index is 0.298. The summed E-state index contributed by atoms with van der Waals surface area (Å²) < 4.78 is 29.7. The van der Waals surface area contributed by atoms with E-state index < -0.39 is 10.0 Å². The van der Waals surface area contributed by atoms with Crippen LogP contribution in [0.4, 0.5) is 11.4 Å². The SMILES string of the molecule is CN1CCN(S(=O)(=O)c2cnc3n2CCCC3)c2cnccc21. The molecular formula is C15H19N5O2S. The number of sulfonamides is 1. The van der Waals surface area contributed by atoms with Crippen molar-refractivity contribution in [1.29, 1.82) is 0 Å². The Morgan fingerprint density at radius 1 is 1.09 bits per heavy atom. The zero-order valence-corrected chi connectivity index (χ0v) is 13.8. The first-order chi connectivity index (χ1) is 11.1. The number of imidazole rings is 1. The molecule has 0 fully saturated rings. The quantitative estimate of drug-likeness (QED) is 0.827. The Hall–Kier alpha value is -2.09. The summed E-state index contributed by atoms with van der Waals surface area (Å²) in [6.45, 7) is 1.78. The largest absolute Gasteiger partial charge is 0.371 e. The molecule has 2 aliphatic heterocycles. The summed E-state index contributed by atoms with van der Waals surface area (Å²) in [7, 11) is -1.67. The van der Waals surface area contributed by atoms with Crippen LogP contribution in [0.15, 0.2) is 29.7 Å². The third-order valence-corrected chi connectivity index (χ3v) is 6.40. The lowest BCUT2D eigenvalue weighted by Crippen LogP contribution is -2.43. The van der Waals surface area contributed by atoms with E-state index in [0.717, 1.165) is 37.3 Å². The fourth-order valence-electron chi connectivity index (χ4n) is 3.33. The van der Waals surface area contributed by atoms with Crippen molar-refractivity contribution in [3.05, 3.63) is 30.5 Å². The van der Waals surface area contributed by atoms with Gasteiger partial charge in [0.25, 0.3) is 10.0 Å². The second-order valence-corrected chi connectivity index (χ2v) is 7.79. The molecule has 0 saturated heterocycles. The summed E-state index contributed by atoms with van der Waals surface area (Å²) in [6, 6.07) is 1.85. The average molecular weight is 333 g/mol. The van der Waals surface area contributed by atoms with E-state index in [-0.39, 0.29) is 0 Å². The summed E-state index contributed by atoms with van der Waals surface area (Å²) >= 11 is 0. The molecule has 23 heavy (non-hydrogen) atoms. The van der Waals surface area contributed by atoms with Crippen molar-refractivity contribution in [3.8, 4) is 0 Å². The Morgan fingerprint density at radius 3 is 2.83 bits per heavy atom. The maximum Gasteiger partial charge on any atom is 0.281 e. The van der Waals surface area contributed by atoms with Gasteiger partial charge in [0.2, 0.25) is 0 Å². The lowest BCUT2D eigenvalue weighted by atomic mass is 10.2. The van der Waals surface area contributed by atoms with Gasteiger partial charge < -0.3 is 9.47 Å². The van der Waals surface area contributed by atoms with Gasteiger partial charge in [-0.25, -0.2) is 4.98 Å². The molecule has 8 heteroatoms. The van der Waals surface area contributed by atoms with Gasteiger partial charge in [-0.3, -0.25) is 9.29 Å². The van der Waals surface area contributed by atoms with E-state index in [1.54, 1.807) is 12.4 Å². The highest BCUT2D eigenvalue weighted by Crippen LogP contribution is 2.35. The van der Waals surface area contributed by atoms with Gasteiger partial charge in [0.05, 0.1) is 30.3 Å². The molecule has 0 N–H and O–H groups in total. The molecule has 0 spiro atoms. The van der Waals surface area contributed by atoms with Crippen molar-refractivity contribution < 1.29 is 8.42 Å². The fraction of sp³-hybridized carbons (Fsp3) is 0.467. The number of nitrogens with zero attached hydrogens (tertiary/aromatic N) is 5. The highest BCUT2D eigenvalue weighted by atomic mass is 32.2. The van der Waals surface area contributed by atoms with E-state index in [2.05, 4.69) is 14.9 Å². The Bertz CT molecular complexity index is 845. The molecule has 4 heterocycles. The van der Waals surface area contributed by atoms with Crippen molar-refractivity contribution in [2.75, 3.05) is 29.3 Å². The van der Waals surface area contributed by atoms with Gasteiger partial charge in [-0.2, -0.15) is 8.42 Å². The lowest BCUT2D eigenvalue weighted by molar-refractivity contribution is 0.486. The van der Waals surface area contributed by atoms with Crippen molar-refractivity contribution >= 4 is 21.4 Å². The molecule has 7 nitrogen and oxygen atoms in total. The maximum absolute atomic E-state index is 13.2. The van der Waals surface area contributed by atoms with Crippen LogP contribution in [0.5, 0.6) is 0 Å². The number of anilines is 2. The predicted molar refractivity (Wildman–Crippen MR) is 87.2 cm³/mol. The van der Waals surface area contributed by atoms with Crippen LogP contribution in [0.25, 0.3) is 0 Å². The molecule has 2 aromatic heterocycles. The number of pyridine rings is 1. The van der Waals surface area contributed by atoms with Gasteiger partial charge in [0.1, 0.15) is 5.82 Å². The molecule has 4 rings (SSSR count). The molecular weight excluding hydrogens is 314 g/mol. The number of rotatable bonds is 2. The van der Waals surface area contributed by atoms with Crippen LogP contribution in [0.2, 0.25) is 0 Å². The second kappa shape index (κ2) is 5.23. The third-order valence-electron chi connectivity index (χ3n) is 4.58. The molecule has 2 aliphatic rings. The van der Waals surface area contributed by atoms with E-state index in [0.29, 0.717) is 23.8 Å². The van der Waals surface area contributed by atoms with Crippen LogP contribution < -0.4 is 9.21 Å². The first kappa shape index (κ1) is 14.5. The monoisotopic (exact) mass is 333 g/mol. The van der Waals surface area contributed by atoms with Gasteiger partial charge >= 0.3 is 0 Å². The number of fused-ring (bicyclic) bond motifs is 2. The van der Waals surface area contributed by atoms with Crippen LogP contribution in [0.1, 0.15) is 18.7 Å². The van der Waals surface area contributed by atoms with E-state index in [1.165, 1.54) is 10.5 Å². The second-order valence-electron chi connectivity index (χ2n) is 5.98. The van der Waals surface area contributed by atoms with Crippen molar-refractivity contribution in [1.82, 2.24) is 14.5 Å². The van der Waals surface area contributed by atoms with E-state index in [1.807, 2.05) is 17.7 Å². The summed E-state index contributed by atoms with van der Waals surface area (Å²) in [4.78, 5) is 10.5. The Kier molecular flexibility index (Phi) is 3.29. The predicted octanol–water partition coefficient (Wildman–Crippen LogP) is 1.26. The first-order valence-electron chi connectivity index (χ1n) is 7.81. The zero-order valence-electron chi connectivity index (χ0n) is 13.0. The third kappa shape index (κ3) is 2.20. The van der Waals surface area contributed by atoms with Crippen LogP contribution in [0.3, 0.4) is 0 Å². The van der Waals surface area contributed by atoms with Crippen molar-refractivity contribution in [2.24, 2.45) is 0 Å². The highest BCUT2D eigenvalue weighted by molar-refractivity contribution is 7.92. The summed E-state index contributed by atoms with van der Waals surface area (Å²) in [5, 5.41) is 0.298. The van der Waals surface area contributed by atoms with E-state index >= 15 is 0 Å². The normalized spacial score (nSPS) is 17.8. The molecule has 0 bridgehead atoms. The number of hydrogen-bond donors (Lipinski definition) is 0. The molecule has 0 unspecified atom stereocenters. The van der Waals surface area contributed by atoms with Crippen LogP contribution >= 0.6 is 0 Å². The standard InChI is InChI=1S/C15H19N5O2S/c1-18-8-9-20(13-10-16-6-5-12(13)18)23(21,22)15-11-17-14-4-2-3-7-19(14)15/h5-6,10-11H,2-4,7-9H2,1H3. The zero-order chi connectivity index (χ0) is 16.0. The van der Waals surface area contributed by atoms with Crippen molar-refractivity contribution in [3.63, 3.8) is 0 Å². The Balaban J connectivity index is 1.81. The number of hydrogen-bond acceptors (Lipinski definition) is 5. The first-order valence-corrected chi connectivity index (χ1v) is 9.25. The maximum atomic E-state index is 13.2. The van der Waals surface area contributed by atoms with Crippen LogP contribution in [-0.4, -0.2) is 43.1 Å². The molecule has 0 amide bonds. The van der Waals surface area contributed by atoms with Gasteiger partial charge in [-0.1, -0.05) is 0 Å². The van der Waals surface area contributed by atoms with Crippen LogP contribution in [-0.2, 0) is 23.0 Å². The smallest absolute Gasteiger partial charge is 0.281 e. The molecule has 0 aliphatic carbocycles.